The molecule has 0 radical (unpaired) electrons. The number of imidazole rings is 1. The molecular formula is C19H21FN4O. The number of carbonyl (C=O) groups is 1. The normalized spacial score (nSPS) is 18.0. The van der Waals surface area contributed by atoms with Gasteiger partial charge in [-0.15, -0.1) is 0 Å². The van der Waals surface area contributed by atoms with Crippen LogP contribution in [0.25, 0.3) is 10.9 Å². The zero-order chi connectivity index (χ0) is 17.4. The lowest BCUT2D eigenvalue weighted by Crippen LogP contribution is -2.41. The minimum atomic E-state index is -0.310. The fourth-order valence-corrected chi connectivity index (χ4v) is 3.72. The van der Waals surface area contributed by atoms with Gasteiger partial charge in [-0.3, -0.25) is 4.79 Å². The van der Waals surface area contributed by atoms with E-state index in [0.717, 1.165) is 31.6 Å². The molecule has 4 rings (SSSR count). The number of rotatable bonds is 3. The SMILES string of the molecule is CCc1nccn1[C@H]1CCCN(C(=O)c2cc3c(F)cccc3[nH]2)C1. The number of benzene rings is 1. The molecule has 1 N–H and O–H groups in total. The molecule has 1 atom stereocenters. The summed E-state index contributed by atoms with van der Waals surface area (Å²) < 4.78 is 16.1. The summed E-state index contributed by atoms with van der Waals surface area (Å²) >= 11 is 0. The Kier molecular flexibility index (Phi) is 4.03. The Labute approximate surface area is 145 Å². The average Bonchev–Trinajstić information content (AvgIpc) is 3.28. The number of aryl methyl sites for hydroxylation is 1. The summed E-state index contributed by atoms with van der Waals surface area (Å²) in [4.78, 5) is 22.2. The van der Waals surface area contributed by atoms with Gasteiger partial charge in [0.2, 0.25) is 0 Å². The number of aromatic nitrogens is 3. The topological polar surface area (TPSA) is 53.9 Å². The smallest absolute Gasteiger partial charge is 0.270 e. The van der Waals surface area contributed by atoms with Gasteiger partial charge in [0.25, 0.3) is 5.91 Å². The number of halogens is 1. The Morgan fingerprint density at radius 3 is 3.12 bits per heavy atom. The minimum Gasteiger partial charge on any atom is -0.350 e. The lowest BCUT2D eigenvalue weighted by atomic mass is 10.0. The van der Waals surface area contributed by atoms with Crippen LogP contribution in [-0.2, 0) is 6.42 Å². The highest BCUT2D eigenvalue weighted by Gasteiger charge is 2.27. The molecule has 3 aromatic rings. The van der Waals surface area contributed by atoms with Gasteiger partial charge in [0.15, 0.2) is 0 Å². The van der Waals surface area contributed by atoms with Crippen molar-refractivity contribution in [2.45, 2.75) is 32.2 Å². The van der Waals surface area contributed by atoms with E-state index in [1.807, 2.05) is 17.3 Å². The third kappa shape index (κ3) is 2.81. The predicted octanol–water partition coefficient (Wildman–Crippen LogP) is 3.54. The summed E-state index contributed by atoms with van der Waals surface area (Å²) in [5.74, 6) is 0.667. The van der Waals surface area contributed by atoms with Crippen molar-refractivity contribution in [2.24, 2.45) is 0 Å². The Morgan fingerprint density at radius 2 is 2.32 bits per heavy atom. The van der Waals surface area contributed by atoms with Crippen molar-refractivity contribution < 1.29 is 9.18 Å². The Balaban J connectivity index is 1.58. The molecule has 5 nitrogen and oxygen atoms in total. The number of fused-ring (bicyclic) bond motifs is 1. The third-order valence-electron chi connectivity index (χ3n) is 4.98. The maximum absolute atomic E-state index is 13.9. The maximum Gasteiger partial charge on any atom is 0.270 e. The molecule has 1 saturated heterocycles. The Hall–Kier alpha value is -2.63. The minimum absolute atomic E-state index is 0.0709. The molecule has 3 heterocycles. The number of likely N-dealkylation sites (tertiary alicyclic amines) is 1. The van der Waals surface area contributed by atoms with Crippen LogP contribution in [0.2, 0.25) is 0 Å². The molecule has 0 saturated carbocycles. The number of nitrogens with one attached hydrogen (secondary N) is 1. The zero-order valence-electron chi connectivity index (χ0n) is 14.2. The molecule has 1 fully saturated rings. The number of carbonyl (C=O) groups excluding carboxylic acids is 1. The molecule has 1 aliphatic heterocycles. The summed E-state index contributed by atoms with van der Waals surface area (Å²) in [5.41, 5.74) is 1.10. The van der Waals surface area contributed by atoms with Crippen LogP contribution in [0.1, 0.15) is 42.1 Å². The molecular weight excluding hydrogens is 319 g/mol. The van der Waals surface area contributed by atoms with Crippen molar-refractivity contribution in [3.05, 3.63) is 54.0 Å². The van der Waals surface area contributed by atoms with Gasteiger partial charge in [0.1, 0.15) is 17.3 Å². The van der Waals surface area contributed by atoms with Crippen LogP contribution < -0.4 is 0 Å². The van der Waals surface area contributed by atoms with E-state index in [1.165, 1.54) is 6.07 Å². The van der Waals surface area contributed by atoms with E-state index in [-0.39, 0.29) is 17.8 Å². The number of aromatic amines is 1. The van der Waals surface area contributed by atoms with Gasteiger partial charge in [-0.1, -0.05) is 13.0 Å². The highest BCUT2D eigenvalue weighted by atomic mass is 19.1. The molecule has 0 unspecified atom stereocenters. The number of nitrogens with zero attached hydrogens (tertiary/aromatic N) is 3. The molecule has 0 spiro atoms. The first-order valence-electron chi connectivity index (χ1n) is 8.75. The van der Waals surface area contributed by atoms with Gasteiger partial charge in [0, 0.05) is 42.8 Å². The molecule has 130 valence electrons. The zero-order valence-corrected chi connectivity index (χ0v) is 14.2. The molecule has 0 aliphatic carbocycles. The van der Waals surface area contributed by atoms with Crippen molar-refractivity contribution >= 4 is 16.8 Å². The number of H-pyrrole nitrogens is 1. The largest absolute Gasteiger partial charge is 0.350 e. The quantitative estimate of drug-likeness (QED) is 0.793. The Bertz CT molecular complexity index is 913. The van der Waals surface area contributed by atoms with Gasteiger partial charge >= 0.3 is 0 Å². The van der Waals surface area contributed by atoms with E-state index in [2.05, 4.69) is 21.5 Å². The van der Waals surface area contributed by atoms with E-state index in [1.54, 1.807) is 18.2 Å². The van der Waals surface area contributed by atoms with Crippen LogP contribution in [0.5, 0.6) is 0 Å². The highest BCUT2D eigenvalue weighted by Crippen LogP contribution is 2.25. The molecule has 1 amide bonds. The predicted molar refractivity (Wildman–Crippen MR) is 94.0 cm³/mol. The van der Waals surface area contributed by atoms with E-state index < -0.39 is 0 Å². The fourth-order valence-electron chi connectivity index (χ4n) is 3.72. The standard InChI is InChI=1S/C19H21FN4O/c1-2-18-21-8-10-24(18)13-5-4-9-23(12-13)19(25)17-11-14-15(20)6-3-7-16(14)22-17/h3,6-8,10-11,13,22H,2,4-5,9,12H2,1H3/t13-/m0/s1. The van der Waals surface area contributed by atoms with Crippen LogP contribution in [0.15, 0.2) is 36.7 Å². The summed E-state index contributed by atoms with van der Waals surface area (Å²) in [7, 11) is 0. The van der Waals surface area contributed by atoms with Gasteiger partial charge in [0.05, 0.1) is 6.04 Å². The number of piperidine rings is 1. The van der Waals surface area contributed by atoms with E-state index in [4.69, 9.17) is 0 Å². The third-order valence-corrected chi connectivity index (χ3v) is 4.98. The van der Waals surface area contributed by atoms with Gasteiger partial charge in [-0.05, 0) is 31.0 Å². The molecule has 1 aliphatic rings. The number of hydrogen-bond donors (Lipinski definition) is 1. The first kappa shape index (κ1) is 15.9. The first-order valence-corrected chi connectivity index (χ1v) is 8.75. The molecule has 25 heavy (non-hydrogen) atoms. The van der Waals surface area contributed by atoms with Crippen LogP contribution in [0, 0.1) is 5.82 Å². The van der Waals surface area contributed by atoms with Crippen LogP contribution >= 0.6 is 0 Å². The second kappa shape index (κ2) is 6.35. The molecule has 0 bridgehead atoms. The molecule has 6 heteroatoms. The summed E-state index contributed by atoms with van der Waals surface area (Å²) in [5, 5.41) is 0.460. The van der Waals surface area contributed by atoms with Crippen molar-refractivity contribution in [2.75, 3.05) is 13.1 Å². The van der Waals surface area contributed by atoms with Crippen LogP contribution in [-0.4, -0.2) is 38.4 Å². The van der Waals surface area contributed by atoms with E-state index >= 15 is 0 Å². The first-order chi connectivity index (χ1) is 12.2. The Morgan fingerprint density at radius 1 is 1.44 bits per heavy atom. The lowest BCUT2D eigenvalue weighted by Gasteiger charge is -2.33. The monoisotopic (exact) mass is 340 g/mol. The molecule has 1 aromatic carbocycles. The number of hydrogen-bond acceptors (Lipinski definition) is 2. The van der Waals surface area contributed by atoms with Gasteiger partial charge in [-0.25, -0.2) is 9.37 Å². The van der Waals surface area contributed by atoms with Gasteiger partial charge < -0.3 is 14.5 Å². The fraction of sp³-hybridized carbons (Fsp3) is 0.368. The maximum atomic E-state index is 13.9. The van der Waals surface area contributed by atoms with Crippen LogP contribution in [0.3, 0.4) is 0 Å². The molecule has 2 aromatic heterocycles. The second-order valence-electron chi connectivity index (χ2n) is 6.54. The number of amides is 1. The summed E-state index contributed by atoms with van der Waals surface area (Å²) in [6, 6.07) is 6.70. The van der Waals surface area contributed by atoms with Crippen LogP contribution in [0.4, 0.5) is 4.39 Å². The highest BCUT2D eigenvalue weighted by molar-refractivity contribution is 5.98. The average molecular weight is 340 g/mol. The lowest BCUT2D eigenvalue weighted by molar-refractivity contribution is 0.0673. The van der Waals surface area contributed by atoms with Gasteiger partial charge in [-0.2, -0.15) is 0 Å². The van der Waals surface area contributed by atoms with Crippen molar-refractivity contribution in [1.82, 2.24) is 19.4 Å². The summed E-state index contributed by atoms with van der Waals surface area (Å²) in [6.07, 6.45) is 6.68. The van der Waals surface area contributed by atoms with E-state index in [9.17, 15) is 9.18 Å². The van der Waals surface area contributed by atoms with Crippen molar-refractivity contribution in [3.63, 3.8) is 0 Å². The van der Waals surface area contributed by atoms with Crippen molar-refractivity contribution in [1.29, 1.82) is 0 Å². The van der Waals surface area contributed by atoms with Crippen molar-refractivity contribution in [3.8, 4) is 0 Å². The second-order valence-corrected chi connectivity index (χ2v) is 6.54. The summed E-state index contributed by atoms with van der Waals surface area (Å²) in [6.45, 7) is 3.47. The van der Waals surface area contributed by atoms with E-state index in [0.29, 0.717) is 23.1 Å².